The molecule has 10 heteroatoms. The SMILES string of the molecule is C=C/C(=C\N(C)C)c1ccc2cnc(NC(=O)c3ccnc(N4CCN(C(=O)c5ccc(N6CCN(C)CC6)cc5)CC4)c3)cc2c1. The van der Waals surface area contributed by atoms with Gasteiger partial charge in [0.2, 0.25) is 0 Å². The molecule has 2 aromatic carbocycles. The molecule has 2 saturated heterocycles. The fraction of sp³-hybridized carbons (Fsp3) is 0.297. The smallest absolute Gasteiger partial charge is 0.257 e. The van der Waals surface area contributed by atoms with E-state index < -0.39 is 0 Å². The predicted octanol–water partition coefficient (Wildman–Crippen LogP) is 4.68. The first-order valence-electron chi connectivity index (χ1n) is 16.0. The highest BCUT2D eigenvalue weighted by Crippen LogP contribution is 2.25. The highest BCUT2D eigenvalue weighted by molar-refractivity contribution is 6.05. The number of hydrogen-bond donors (Lipinski definition) is 1. The Labute approximate surface area is 276 Å². The first-order valence-corrected chi connectivity index (χ1v) is 16.0. The van der Waals surface area contributed by atoms with Gasteiger partial charge in [0.15, 0.2) is 0 Å². The summed E-state index contributed by atoms with van der Waals surface area (Å²) in [5.41, 5.74) is 4.40. The van der Waals surface area contributed by atoms with Gasteiger partial charge in [-0.05, 0) is 72.1 Å². The third-order valence-corrected chi connectivity index (χ3v) is 8.80. The Morgan fingerprint density at radius 1 is 0.787 bits per heavy atom. The van der Waals surface area contributed by atoms with E-state index in [1.807, 2.05) is 66.5 Å². The number of piperazine rings is 2. The molecular weight excluding hydrogens is 588 g/mol. The predicted molar refractivity (Wildman–Crippen MR) is 190 cm³/mol. The average Bonchev–Trinajstić information content (AvgIpc) is 3.10. The topological polar surface area (TPSA) is 88.2 Å². The van der Waals surface area contributed by atoms with Gasteiger partial charge in [0, 0.05) is 107 Å². The van der Waals surface area contributed by atoms with Crippen LogP contribution in [0.15, 0.2) is 91.9 Å². The minimum Gasteiger partial charge on any atom is -0.383 e. The number of carbonyl (C=O) groups is 2. The van der Waals surface area contributed by atoms with Crippen molar-refractivity contribution in [1.82, 2.24) is 24.7 Å². The quantitative estimate of drug-likeness (QED) is 0.281. The number of allylic oxidation sites excluding steroid dienone is 2. The third kappa shape index (κ3) is 7.44. The van der Waals surface area contributed by atoms with Crippen LogP contribution in [-0.2, 0) is 0 Å². The second kappa shape index (κ2) is 14.0. The molecule has 242 valence electrons. The van der Waals surface area contributed by atoms with Crippen LogP contribution in [0, 0.1) is 0 Å². The summed E-state index contributed by atoms with van der Waals surface area (Å²) in [6, 6.07) is 19.5. The van der Waals surface area contributed by atoms with Gasteiger partial charge in [-0.1, -0.05) is 24.8 Å². The van der Waals surface area contributed by atoms with Crippen molar-refractivity contribution in [3.63, 3.8) is 0 Å². The molecule has 2 aliphatic rings. The summed E-state index contributed by atoms with van der Waals surface area (Å²) in [6.45, 7) is 10.5. The molecular formula is C37H42N8O2. The van der Waals surface area contributed by atoms with Crippen molar-refractivity contribution >= 4 is 45.5 Å². The van der Waals surface area contributed by atoms with Gasteiger partial charge in [0.1, 0.15) is 11.6 Å². The zero-order valence-corrected chi connectivity index (χ0v) is 27.4. The van der Waals surface area contributed by atoms with Crippen LogP contribution in [0.5, 0.6) is 0 Å². The summed E-state index contributed by atoms with van der Waals surface area (Å²) >= 11 is 0. The Hall–Kier alpha value is -5.22. The van der Waals surface area contributed by atoms with Crippen LogP contribution >= 0.6 is 0 Å². The number of hydrogen-bond acceptors (Lipinski definition) is 8. The largest absolute Gasteiger partial charge is 0.383 e. The van der Waals surface area contributed by atoms with Crippen LogP contribution in [-0.4, -0.2) is 110 Å². The maximum absolute atomic E-state index is 13.3. The van der Waals surface area contributed by atoms with E-state index in [1.54, 1.807) is 24.5 Å². The molecule has 0 aliphatic carbocycles. The van der Waals surface area contributed by atoms with Gasteiger partial charge in [-0.2, -0.15) is 0 Å². The number of pyridine rings is 2. The third-order valence-electron chi connectivity index (χ3n) is 8.80. The number of aromatic nitrogens is 2. The van der Waals surface area contributed by atoms with E-state index in [9.17, 15) is 9.59 Å². The van der Waals surface area contributed by atoms with Crippen LogP contribution in [0.1, 0.15) is 26.3 Å². The van der Waals surface area contributed by atoms with E-state index >= 15 is 0 Å². The van der Waals surface area contributed by atoms with Crippen LogP contribution in [0.2, 0.25) is 0 Å². The Morgan fingerprint density at radius 3 is 2.19 bits per heavy atom. The number of likely N-dealkylation sites (N-methyl/N-ethyl adjacent to an activating group) is 1. The molecule has 2 fully saturated rings. The maximum Gasteiger partial charge on any atom is 0.257 e. The minimum atomic E-state index is -0.259. The van der Waals surface area contributed by atoms with Crippen molar-refractivity contribution in [2.75, 3.05) is 88.6 Å². The summed E-state index contributed by atoms with van der Waals surface area (Å²) in [6.07, 6.45) is 7.26. The van der Waals surface area contributed by atoms with Gasteiger partial charge in [-0.3, -0.25) is 9.59 Å². The van der Waals surface area contributed by atoms with Crippen LogP contribution < -0.4 is 15.1 Å². The second-order valence-corrected chi connectivity index (χ2v) is 12.4. The summed E-state index contributed by atoms with van der Waals surface area (Å²) in [5, 5.41) is 4.89. The summed E-state index contributed by atoms with van der Waals surface area (Å²) in [5.74, 6) is 0.963. The summed E-state index contributed by atoms with van der Waals surface area (Å²) in [7, 11) is 6.10. The molecule has 0 unspecified atom stereocenters. The second-order valence-electron chi connectivity index (χ2n) is 12.4. The number of nitrogens with zero attached hydrogens (tertiary/aromatic N) is 7. The lowest BCUT2D eigenvalue weighted by Gasteiger charge is -2.36. The van der Waals surface area contributed by atoms with Crippen molar-refractivity contribution in [3.05, 3.63) is 109 Å². The highest BCUT2D eigenvalue weighted by Gasteiger charge is 2.24. The Morgan fingerprint density at radius 2 is 1.49 bits per heavy atom. The summed E-state index contributed by atoms with van der Waals surface area (Å²) < 4.78 is 0. The number of amides is 2. The fourth-order valence-corrected chi connectivity index (χ4v) is 6.03. The van der Waals surface area contributed by atoms with Crippen molar-refractivity contribution in [2.24, 2.45) is 0 Å². The number of fused-ring (bicyclic) bond motifs is 1. The van der Waals surface area contributed by atoms with Gasteiger partial charge in [-0.25, -0.2) is 9.97 Å². The van der Waals surface area contributed by atoms with Gasteiger partial charge < -0.3 is 29.8 Å². The first kappa shape index (κ1) is 31.7. The summed E-state index contributed by atoms with van der Waals surface area (Å²) in [4.78, 5) is 46.3. The average molecular weight is 631 g/mol. The molecule has 47 heavy (non-hydrogen) atoms. The molecule has 2 aromatic heterocycles. The zero-order chi connectivity index (χ0) is 32.9. The monoisotopic (exact) mass is 630 g/mol. The Balaban J connectivity index is 1.07. The Bertz CT molecular complexity index is 1790. The molecule has 2 amide bonds. The molecule has 0 spiro atoms. The normalized spacial score (nSPS) is 15.9. The maximum atomic E-state index is 13.3. The highest BCUT2D eigenvalue weighted by atomic mass is 16.2. The van der Waals surface area contributed by atoms with Gasteiger partial charge in [0.25, 0.3) is 11.8 Å². The standard InChI is InChI=1S/C37H42N8O2/c1-5-27(26-41(2)3)29-6-7-31-25-39-34(23-32(31)22-29)40-36(46)30-12-13-38-35(24-30)44-18-20-45(21-19-44)37(47)28-8-10-33(11-9-28)43-16-14-42(4)15-17-43/h5-13,22-26H,1,14-21H2,2-4H3,(H,39,40,46)/b27-26+. The molecule has 0 atom stereocenters. The lowest BCUT2D eigenvalue weighted by molar-refractivity contribution is 0.0746. The van der Waals surface area contributed by atoms with E-state index in [2.05, 4.69) is 61.8 Å². The van der Waals surface area contributed by atoms with Crippen molar-refractivity contribution in [2.45, 2.75) is 0 Å². The fourth-order valence-electron chi connectivity index (χ4n) is 6.03. The van der Waals surface area contributed by atoms with Crippen LogP contribution in [0.4, 0.5) is 17.3 Å². The molecule has 0 bridgehead atoms. The van der Waals surface area contributed by atoms with E-state index in [0.29, 0.717) is 48.9 Å². The van der Waals surface area contributed by atoms with Crippen molar-refractivity contribution < 1.29 is 9.59 Å². The molecule has 4 aromatic rings. The van der Waals surface area contributed by atoms with Crippen LogP contribution in [0.25, 0.3) is 16.3 Å². The molecule has 4 heterocycles. The van der Waals surface area contributed by atoms with E-state index in [4.69, 9.17) is 0 Å². The van der Waals surface area contributed by atoms with Gasteiger partial charge in [-0.15, -0.1) is 0 Å². The van der Waals surface area contributed by atoms with Gasteiger partial charge >= 0.3 is 0 Å². The number of carbonyl (C=O) groups excluding carboxylic acids is 2. The zero-order valence-electron chi connectivity index (χ0n) is 27.4. The Kier molecular flexibility index (Phi) is 9.49. The van der Waals surface area contributed by atoms with Crippen molar-refractivity contribution in [3.8, 4) is 0 Å². The first-order chi connectivity index (χ1) is 22.8. The lowest BCUT2D eigenvalue weighted by Crippen LogP contribution is -2.49. The molecule has 10 nitrogen and oxygen atoms in total. The number of benzene rings is 2. The molecule has 6 rings (SSSR count). The minimum absolute atomic E-state index is 0.0418. The number of anilines is 3. The van der Waals surface area contributed by atoms with Gasteiger partial charge in [0.05, 0.1) is 0 Å². The molecule has 0 saturated carbocycles. The molecule has 2 aliphatic heterocycles. The molecule has 0 radical (unpaired) electrons. The molecule has 1 N–H and O–H groups in total. The van der Waals surface area contributed by atoms with E-state index in [-0.39, 0.29) is 11.8 Å². The number of nitrogens with one attached hydrogen (secondary N) is 1. The lowest BCUT2D eigenvalue weighted by atomic mass is 10.0. The van der Waals surface area contributed by atoms with E-state index in [0.717, 1.165) is 53.8 Å². The van der Waals surface area contributed by atoms with Crippen LogP contribution in [0.3, 0.4) is 0 Å². The van der Waals surface area contributed by atoms with Crippen molar-refractivity contribution in [1.29, 1.82) is 0 Å². The van der Waals surface area contributed by atoms with E-state index in [1.165, 1.54) is 0 Å². The number of rotatable bonds is 8.